The van der Waals surface area contributed by atoms with Crippen molar-refractivity contribution < 1.29 is 9.50 Å². The zero-order chi connectivity index (χ0) is 29.1. The van der Waals surface area contributed by atoms with Crippen LogP contribution in [0.15, 0.2) is 59.4 Å². The van der Waals surface area contributed by atoms with Crippen molar-refractivity contribution in [2.24, 2.45) is 7.05 Å². The third-order valence-electron chi connectivity index (χ3n) is 6.22. The second kappa shape index (κ2) is 11.6. The quantitative estimate of drug-likeness (QED) is 0.386. The molecule has 200 valence electrons. The maximum absolute atomic E-state index is 14.3. The SMILES string of the molecule is CCC.[B]C1([B])Cc2ncc(Nc3cc(C)ncc3F)cc2C(C)(O)N1C(=C)/C(C)=C\c1nccc(=O)n1C. The number of aryl methyl sites for hydroxylation is 1. The lowest BCUT2D eigenvalue weighted by Gasteiger charge is -2.55. The number of halogens is 1. The van der Waals surface area contributed by atoms with Gasteiger partial charge in [0, 0.05) is 42.0 Å². The molecule has 1 aliphatic rings. The van der Waals surface area contributed by atoms with E-state index < -0.39 is 16.9 Å². The number of hydrogen-bond acceptors (Lipinski definition) is 7. The van der Waals surface area contributed by atoms with E-state index in [1.54, 1.807) is 39.1 Å². The van der Waals surface area contributed by atoms with Crippen molar-refractivity contribution in [1.82, 2.24) is 24.4 Å². The monoisotopic (exact) mass is 526 g/mol. The topological polar surface area (TPSA) is 96.2 Å². The fourth-order valence-corrected chi connectivity index (χ4v) is 4.37. The number of fused-ring (bicyclic) bond motifs is 1. The average Bonchev–Trinajstić information content (AvgIpc) is 2.84. The first-order chi connectivity index (χ1) is 18.2. The van der Waals surface area contributed by atoms with Crippen molar-refractivity contribution in [3.63, 3.8) is 0 Å². The molecule has 4 heterocycles. The van der Waals surface area contributed by atoms with Gasteiger partial charge in [-0.15, -0.1) is 0 Å². The van der Waals surface area contributed by atoms with Crippen LogP contribution in [0.5, 0.6) is 0 Å². The van der Waals surface area contributed by atoms with E-state index in [2.05, 4.69) is 40.7 Å². The Hall–Kier alpha value is -3.72. The summed E-state index contributed by atoms with van der Waals surface area (Å²) in [4.78, 5) is 26.0. The summed E-state index contributed by atoms with van der Waals surface area (Å²) in [5.74, 6) is -0.117. The molecule has 39 heavy (non-hydrogen) atoms. The Balaban J connectivity index is 0.00000134. The molecule has 0 saturated heterocycles. The lowest BCUT2D eigenvalue weighted by atomic mass is 9.55. The zero-order valence-electron chi connectivity index (χ0n) is 23.3. The smallest absolute Gasteiger partial charge is 0.253 e. The molecule has 3 aromatic rings. The summed E-state index contributed by atoms with van der Waals surface area (Å²) in [5, 5.41) is 13.2. The summed E-state index contributed by atoms with van der Waals surface area (Å²) in [6.07, 6.45) is 7.10. The fourth-order valence-electron chi connectivity index (χ4n) is 4.37. The predicted molar refractivity (Wildman–Crippen MR) is 154 cm³/mol. The van der Waals surface area contributed by atoms with Gasteiger partial charge in [-0.2, -0.15) is 0 Å². The molecule has 0 saturated carbocycles. The Morgan fingerprint density at radius 1 is 1.26 bits per heavy atom. The highest BCUT2D eigenvalue weighted by molar-refractivity contribution is 6.40. The Morgan fingerprint density at radius 2 is 1.92 bits per heavy atom. The summed E-state index contributed by atoms with van der Waals surface area (Å²) in [6.45, 7) is 13.4. The summed E-state index contributed by atoms with van der Waals surface area (Å²) in [5.41, 5.74) is 1.25. The van der Waals surface area contributed by atoms with E-state index in [9.17, 15) is 14.3 Å². The van der Waals surface area contributed by atoms with E-state index in [0.717, 1.165) is 6.20 Å². The lowest BCUT2D eigenvalue weighted by molar-refractivity contribution is -0.104. The van der Waals surface area contributed by atoms with Gasteiger partial charge in [-0.05, 0) is 56.3 Å². The van der Waals surface area contributed by atoms with Crippen LogP contribution in [0.1, 0.15) is 56.9 Å². The summed E-state index contributed by atoms with van der Waals surface area (Å²) in [6, 6.07) is 4.61. The summed E-state index contributed by atoms with van der Waals surface area (Å²) >= 11 is 0. The molecular formula is C28H33B2FN6O2. The number of nitrogens with zero attached hydrogens (tertiary/aromatic N) is 5. The van der Waals surface area contributed by atoms with E-state index in [4.69, 9.17) is 15.7 Å². The van der Waals surface area contributed by atoms with E-state index in [0.29, 0.717) is 39.7 Å². The van der Waals surface area contributed by atoms with Crippen LogP contribution in [0.3, 0.4) is 0 Å². The van der Waals surface area contributed by atoms with Gasteiger partial charge < -0.3 is 15.3 Å². The van der Waals surface area contributed by atoms with Crippen LogP contribution in [0.2, 0.25) is 0 Å². The van der Waals surface area contributed by atoms with Gasteiger partial charge in [0.15, 0.2) is 11.5 Å². The van der Waals surface area contributed by atoms with Gasteiger partial charge >= 0.3 is 0 Å². The first kappa shape index (κ1) is 29.8. The minimum absolute atomic E-state index is 0.107. The number of hydrogen-bond donors (Lipinski definition) is 2. The van der Waals surface area contributed by atoms with Gasteiger partial charge in [0.05, 0.1) is 39.5 Å². The molecule has 0 amide bonds. The highest BCUT2D eigenvalue weighted by Crippen LogP contribution is 2.43. The molecule has 0 bridgehead atoms. The van der Waals surface area contributed by atoms with Gasteiger partial charge in [0.2, 0.25) is 0 Å². The van der Waals surface area contributed by atoms with Gasteiger partial charge in [-0.1, -0.05) is 26.8 Å². The van der Waals surface area contributed by atoms with E-state index in [1.807, 2.05) is 0 Å². The van der Waals surface area contributed by atoms with E-state index >= 15 is 0 Å². The predicted octanol–water partition coefficient (Wildman–Crippen LogP) is 3.81. The van der Waals surface area contributed by atoms with Crippen LogP contribution in [-0.2, 0) is 19.2 Å². The molecule has 0 spiro atoms. The van der Waals surface area contributed by atoms with Crippen molar-refractivity contribution >= 4 is 33.1 Å². The minimum Gasteiger partial charge on any atom is -0.367 e. The van der Waals surface area contributed by atoms with Crippen molar-refractivity contribution in [2.75, 3.05) is 5.32 Å². The molecule has 1 unspecified atom stereocenters. The van der Waals surface area contributed by atoms with Crippen molar-refractivity contribution in [1.29, 1.82) is 0 Å². The molecule has 1 aliphatic heterocycles. The number of anilines is 2. The van der Waals surface area contributed by atoms with Crippen LogP contribution in [0.4, 0.5) is 15.8 Å². The number of aliphatic hydroxyl groups is 1. The number of nitrogens with one attached hydrogen (secondary N) is 1. The lowest BCUT2D eigenvalue weighted by Crippen LogP contribution is -2.62. The number of rotatable bonds is 5. The molecule has 3 aromatic heterocycles. The number of aromatic nitrogens is 4. The molecule has 0 aliphatic carbocycles. The van der Waals surface area contributed by atoms with Crippen LogP contribution in [0.25, 0.3) is 6.08 Å². The average molecular weight is 526 g/mol. The number of pyridine rings is 2. The first-order valence-electron chi connectivity index (χ1n) is 12.6. The standard InChI is InChI=1S/C25H25B2FN6O2.C3H8/c1-14(8-22-29-7-6-23(35)33(22)5)16(3)34-24(4,36)18-10-17(12-31-21(18)11-25(34,26)27)32-20-9-15(2)30-13-19(20)28;1-3-2/h6-10,12-13,36H,3,11H2,1-2,4-5H3,(H,30,32);3H2,1-2H3/b14-8-;. The Bertz CT molecular complexity index is 1470. The maximum atomic E-state index is 14.3. The van der Waals surface area contributed by atoms with Crippen molar-refractivity contribution in [3.05, 3.63) is 93.6 Å². The Labute approximate surface area is 231 Å². The second-order valence-electron chi connectivity index (χ2n) is 9.85. The zero-order valence-corrected chi connectivity index (χ0v) is 23.3. The molecule has 8 nitrogen and oxygen atoms in total. The molecular weight excluding hydrogens is 493 g/mol. The largest absolute Gasteiger partial charge is 0.367 e. The van der Waals surface area contributed by atoms with E-state index in [-0.39, 0.29) is 17.7 Å². The molecule has 11 heteroatoms. The van der Waals surface area contributed by atoms with Gasteiger partial charge in [-0.25, -0.2) is 9.37 Å². The third kappa shape index (κ3) is 6.30. The van der Waals surface area contributed by atoms with Gasteiger partial charge in [0.25, 0.3) is 5.56 Å². The molecule has 0 aromatic carbocycles. The van der Waals surface area contributed by atoms with Crippen molar-refractivity contribution in [2.45, 2.75) is 58.5 Å². The summed E-state index contributed by atoms with van der Waals surface area (Å²) < 4.78 is 15.6. The molecule has 4 rings (SSSR count). The normalized spacial score (nSPS) is 18.1. The summed E-state index contributed by atoms with van der Waals surface area (Å²) in [7, 11) is 14.5. The van der Waals surface area contributed by atoms with Crippen LogP contribution >= 0.6 is 0 Å². The molecule has 0 fully saturated rings. The molecule has 1 atom stereocenters. The van der Waals surface area contributed by atoms with Gasteiger partial charge in [-0.3, -0.25) is 19.3 Å². The highest BCUT2D eigenvalue weighted by Gasteiger charge is 2.47. The van der Waals surface area contributed by atoms with Crippen LogP contribution in [-0.4, -0.2) is 50.6 Å². The number of allylic oxidation sites excluding steroid dienone is 1. The van der Waals surface area contributed by atoms with Crippen LogP contribution in [0, 0.1) is 12.7 Å². The minimum atomic E-state index is -1.73. The first-order valence-corrected chi connectivity index (χ1v) is 12.6. The Morgan fingerprint density at radius 3 is 2.59 bits per heavy atom. The third-order valence-corrected chi connectivity index (χ3v) is 6.22. The molecule has 2 N–H and O–H groups in total. The Kier molecular flexibility index (Phi) is 8.85. The van der Waals surface area contributed by atoms with Gasteiger partial charge in [0.1, 0.15) is 5.82 Å². The van der Waals surface area contributed by atoms with Crippen LogP contribution < -0.4 is 10.9 Å². The highest BCUT2D eigenvalue weighted by atomic mass is 19.1. The second-order valence-corrected chi connectivity index (χ2v) is 9.85. The maximum Gasteiger partial charge on any atom is 0.253 e. The van der Waals surface area contributed by atoms with Crippen molar-refractivity contribution in [3.8, 4) is 0 Å². The van der Waals surface area contributed by atoms with E-state index in [1.165, 1.54) is 41.3 Å². The molecule has 4 radical (unpaired) electrons. The fraction of sp³-hybridized carbons (Fsp3) is 0.357.